The van der Waals surface area contributed by atoms with Crippen LogP contribution in [0.1, 0.15) is 25.8 Å². The van der Waals surface area contributed by atoms with E-state index in [0.717, 1.165) is 24.6 Å². The molecule has 1 aromatic carbocycles. The molecule has 0 aliphatic carbocycles. The van der Waals surface area contributed by atoms with Crippen molar-refractivity contribution in [1.29, 1.82) is 0 Å². The first-order valence-electron chi connectivity index (χ1n) is 5.45. The molecule has 0 radical (unpaired) electrons. The third-order valence-electron chi connectivity index (χ3n) is 2.63. The molecule has 0 fully saturated rings. The Hall–Kier alpha value is -1.26. The minimum absolute atomic E-state index is 0.0971. The number of halogens is 4. The summed E-state index contributed by atoms with van der Waals surface area (Å²) in [4.78, 5) is 0. The molecule has 0 aliphatic heterocycles. The molecule has 0 aliphatic rings. The highest BCUT2D eigenvalue weighted by molar-refractivity contribution is 5.48. The lowest BCUT2D eigenvalue weighted by molar-refractivity contribution is -0.137. The molecular weight excluding hydrogens is 234 g/mol. The average Bonchev–Trinajstić information content (AvgIpc) is 2.26. The predicted octanol–water partition coefficient (Wildman–Crippen LogP) is 4.30. The smallest absolute Gasteiger partial charge is 0.382 e. The van der Waals surface area contributed by atoms with Gasteiger partial charge >= 0.3 is 6.18 Å². The van der Waals surface area contributed by atoms with Gasteiger partial charge in [0, 0.05) is 6.54 Å². The molecular formula is C12H15F4N. The molecule has 0 saturated carbocycles. The molecule has 0 bridgehead atoms. The quantitative estimate of drug-likeness (QED) is 0.784. The van der Waals surface area contributed by atoms with E-state index in [1.807, 2.05) is 13.8 Å². The van der Waals surface area contributed by atoms with Crippen LogP contribution in [0.2, 0.25) is 0 Å². The van der Waals surface area contributed by atoms with E-state index in [2.05, 4.69) is 5.32 Å². The monoisotopic (exact) mass is 249 g/mol. The number of anilines is 1. The molecule has 1 N–H and O–H groups in total. The molecule has 1 aromatic rings. The first-order valence-corrected chi connectivity index (χ1v) is 5.45. The second-order valence-electron chi connectivity index (χ2n) is 4.09. The van der Waals surface area contributed by atoms with Gasteiger partial charge in [-0.3, -0.25) is 0 Å². The van der Waals surface area contributed by atoms with E-state index in [4.69, 9.17) is 0 Å². The van der Waals surface area contributed by atoms with Crippen molar-refractivity contribution < 1.29 is 17.6 Å². The van der Waals surface area contributed by atoms with Crippen LogP contribution in [0.5, 0.6) is 0 Å². The van der Waals surface area contributed by atoms with Crippen molar-refractivity contribution in [3.8, 4) is 0 Å². The Balaban J connectivity index is 2.84. The maximum Gasteiger partial charge on any atom is 0.416 e. The van der Waals surface area contributed by atoms with Crippen molar-refractivity contribution in [3.05, 3.63) is 29.6 Å². The number of rotatable bonds is 4. The Labute approximate surface area is 97.8 Å². The topological polar surface area (TPSA) is 12.0 Å². The van der Waals surface area contributed by atoms with Crippen molar-refractivity contribution in [3.63, 3.8) is 0 Å². The van der Waals surface area contributed by atoms with Crippen molar-refractivity contribution in [1.82, 2.24) is 0 Å². The summed E-state index contributed by atoms with van der Waals surface area (Å²) in [7, 11) is 0. The molecule has 17 heavy (non-hydrogen) atoms. The molecule has 0 amide bonds. The fraction of sp³-hybridized carbons (Fsp3) is 0.500. The number of benzene rings is 1. The van der Waals surface area contributed by atoms with Gasteiger partial charge in [-0.15, -0.1) is 0 Å². The zero-order valence-corrected chi connectivity index (χ0v) is 9.74. The largest absolute Gasteiger partial charge is 0.416 e. The third-order valence-corrected chi connectivity index (χ3v) is 2.63. The fourth-order valence-corrected chi connectivity index (χ4v) is 1.27. The van der Waals surface area contributed by atoms with E-state index >= 15 is 0 Å². The maximum atomic E-state index is 13.3. The zero-order valence-electron chi connectivity index (χ0n) is 9.74. The number of hydrogen-bond donors (Lipinski definition) is 1. The van der Waals surface area contributed by atoms with E-state index in [1.54, 1.807) is 0 Å². The van der Waals surface area contributed by atoms with Gasteiger partial charge in [-0.1, -0.05) is 20.3 Å². The van der Waals surface area contributed by atoms with Crippen LogP contribution in [0, 0.1) is 11.7 Å². The summed E-state index contributed by atoms with van der Waals surface area (Å²) in [6, 6.07) is 2.38. The Bertz CT molecular complexity index is 373. The molecule has 0 aromatic heterocycles. The van der Waals surface area contributed by atoms with Gasteiger partial charge in [-0.05, 0) is 24.1 Å². The highest BCUT2D eigenvalue weighted by atomic mass is 19.4. The zero-order chi connectivity index (χ0) is 13.1. The van der Waals surface area contributed by atoms with E-state index in [-0.39, 0.29) is 11.6 Å². The SMILES string of the molecule is CCC(C)CNc1cc(C(F)(F)F)ccc1F. The van der Waals surface area contributed by atoms with Gasteiger partial charge < -0.3 is 5.32 Å². The number of alkyl halides is 3. The highest BCUT2D eigenvalue weighted by Gasteiger charge is 2.31. The number of nitrogens with one attached hydrogen (secondary N) is 1. The summed E-state index contributed by atoms with van der Waals surface area (Å²) in [5.41, 5.74) is -0.939. The minimum atomic E-state index is -4.44. The first-order chi connectivity index (χ1) is 7.84. The van der Waals surface area contributed by atoms with Crippen molar-refractivity contribution in [2.45, 2.75) is 26.4 Å². The Kier molecular flexibility index (Phi) is 4.37. The maximum absolute atomic E-state index is 13.3. The highest BCUT2D eigenvalue weighted by Crippen LogP contribution is 2.31. The van der Waals surface area contributed by atoms with Crippen LogP contribution in [0.3, 0.4) is 0 Å². The molecule has 1 nitrogen and oxygen atoms in total. The summed E-state index contributed by atoms with van der Waals surface area (Å²) in [5.74, 6) is -0.384. The summed E-state index contributed by atoms with van der Waals surface area (Å²) in [5, 5.41) is 2.70. The minimum Gasteiger partial charge on any atom is -0.382 e. The van der Waals surface area contributed by atoms with Gasteiger partial charge in [0.25, 0.3) is 0 Å². The Morgan fingerprint density at radius 3 is 2.47 bits per heavy atom. The molecule has 1 rings (SSSR count). The molecule has 1 atom stereocenters. The third kappa shape index (κ3) is 3.91. The van der Waals surface area contributed by atoms with Gasteiger partial charge in [-0.2, -0.15) is 13.2 Å². The lowest BCUT2D eigenvalue weighted by Gasteiger charge is -2.14. The van der Waals surface area contributed by atoms with Crippen LogP contribution < -0.4 is 5.32 Å². The van der Waals surface area contributed by atoms with E-state index in [9.17, 15) is 17.6 Å². The van der Waals surface area contributed by atoms with Crippen LogP contribution in [-0.2, 0) is 6.18 Å². The Morgan fingerprint density at radius 2 is 1.94 bits per heavy atom. The lowest BCUT2D eigenvalue weighted by atomic mass is 10.1. The van der Waals surface area contributed by atoms with Crippen LogP contribution in [0.4, 0.5) is 23.2 Å². The second-order valence-corrected chi connectivity index (χ2v) is 4.09. The molecule has 0 spiro atoms. The van der Waals surface area contributed by atoms with Crippen molar-refractivity contribution in [2.75, 3.05) is 11.9 Å². The van der Waals surface area contributed by atoms with Crippen molar-refractivity contribution in [2.24, 2.45) is 5.92 Å². The van der Waals surface area contributed by atoms with E-state index < -0.39 is 17.6 Å². The summed E-state index contributed by atoms with van der Waals surface area (Å²) in [6.07, 6.45) is -3.56. The van der Waals surface area contributed by atoms with Gasteiger partial charge in [0.1, 0.15) is 5.82 Å². The second kappa shape index (κ2) is 5.38. The van der Waals surface area contributed by atoms with Gasteiger partial charge in [0.15, 0.2) is 0 Å². The molecule has 96 valence electrons. The predicted molar refractivity (Wildman–Crippen MR) is 59.3 cm³/mol. The molecule has 0 heterocycles. The molecule has 5 heteroatoms. The van der Waals surface area contributed by atoms with Gasteiger partial charge in [0.2, 0.25) is 0 Å². The Morgan fingerprint density at radius 1 is 1.29 bits per heavy atom. The van der Waals surface area contributed by atoms with Crippen LogP contribution in [0.25, 0.3) is 0 Å². The summed E-state index contributed by atoms with van der Waals surface area (Å²) in [6.45, 7) is 4.36. The van der Waals surface area contributed by atoms with Crippen LogP contribution in [-0.4, -0.2) is 6.54 Å². The summed E-state index contributed by atoms with van der Waals surface area (Å²) < 4.78 is 50.5. The van der Waals surface area contributed by atoms with Gasteiger partial charge in [0.05, 0.1) is 11.3 Å². The molecule has 1 unspecified atom stereocenters. The van der Waals surface area contributed by atoms with Crippen LogP contribution >= 0.6 is 0 Å². The first kappa shape index (κ1) is 13.8. The van der Waals surface area contributed by atoms with E-state index in [1.165, 1.54) is 0 Å². The lowest BCUT2D eigenvalue weighted by Crippen LogP contribution is -2.13. The fourth-order valence-electron chi connectivity index (χ4n) is 1.27. The standard InChI is InChI=1S/C12H15F4N/c1-3-8(2)7-17-11-6-9(12(14,15)16)4-5-10(11)13/h4-6,8,17H,3,7H2,1-2H3. The normalized spacial score (nSPS) is 13.5. The van der Waals surface area contributed by atoms with Crippen LogP contribution in [0.15, 0.2) is 18.2 Å². The number of hydrogen-bond acceptors (Lipinski definition) is 1. The van der Waals surface area contributed by atoms with Crippen molar-refractivity contribution >= 4 is 5.69 Å². The molecule has 0 saturated heterocycles. The summed E-state index contributed by atoms with van der Waals surface area (Å²) >= 11 is 0. The van der Waals surface area contributed by atoms with E-state index in [0.29, 0.717) is 6.54 Å². The van der Waals surface area contributed by atoms with Gasteiger partial charge in [-0.25, -0.2) is 4.39 Å². The average molecular weight is 249 g/mol.